The quantitative estimate of drug-likeness (QED) is 0.535. The van der Waals surface area contributed by atoms with Crippen LogP contribution in [-0.2, 0) is 11.3 Å². The molecule has 1 heterocycles. The van der Waals surface area contributed by atoms with Gasteiger partial charge in [0.05, 0.1) is 22.9 Å². The van der Waals surface area contributed by atoms with Crippen molar-refractivity contribution in [2.24, 2.45) is 0 Å². The van der Waals surface area contributed by atoms with E-state index in [-0.39, 0.29) is 18.0 Å². The number of para-hydroxylation sites is 2. The average Bonchev–Trinajstić information content (AvgIpc) is 2.73. The number of aromatic nitrogens is 2. The Kier molecular flexibility index (Phi) is 5.44. The van der Waals surface area contributed by atoms with Gasteiger partial charge in [-0.05, 0) is 42.8 Å². The molecule has 0 saturated heterocycles. The molecule has 3 aromatic carbocycles. The van der Waals surface area contributed by atoms with Gasteiger partial charge in [-0.2, -0.15) is 0 Å². The Balaban J connectivity index is 1.55. The van der Waals surface area contributed by atoms with Gasteiger partial charge in [0.1, 0.15) is 6.54 Å². The predicted molar refractivity (Wildman–Crippen MR) is 116 cm³/mol. The van der Waals surface area contributed by atoms with Crippen LogP contribution in [0.1, 0.15) is 5.56 Å². The van der Waals surface area contributed by atoms with Crippen LogP contribution >= 0.6 is 11.8 Å². The van der Waals surface area contributed by atoms with Crippen molar-refractivity contribution in [3.8, 4) is 0 Å². The number of amides is 1. The summed E-state index contributed by atoms with van der Waals surface area (Å²) in [6.45, 7) is 1.81. The second-order valence-electron chi connectivity index (χ2n) is 6.61. The molecule has 0 saturated carbocycles. The molecule has 0 aliphatic heterocycles. The van der Waals surface area contributed by atoms with Crippen molar-refractivity contribution in [3.63, 3.8) is 0 Å². The molecule has 4 aromatic rings. The highest BCUT2D eigenvalue weighted by molar-refractivity contribution is 7.99. The number of nitrogens with zero attached hydrogens (tertiary/aromatic N) is 2. The lowest BCUT2D eigenvalue weighted by Gasteiger charge is -2.12. The van der Waals surface area contributed by atoms with E-state index in [0.717, 1.165) is 15.4 Å². The van der Waals surface area contributed by atoms with E-state index in [4.69, 9.17) is 0 Å². The number of rotatable bonds is 5. The Morgan fingerprint density at radius 1 is 1.00 bits per heavy atom. The lowest BCUT2D eigenvalue weighted by atomic mass is 10.1. The molecule has 1 aromatic heterocycles. The molecule has 0 atom stereocenters. The first-order valence-corrected chi connectivity index (χ1v) is 10.00. The monoisotopic (exact) mass is 401 g/mol. The summed E-state index contributed by atoms with van der Waals surface area (Å²) in [6, 6.07) is 23.0. The SMILES string of the molecule is Cc1cccc2c(=O)n(CC(=O)Nc3ccccc3Sc3ccccc3)cnc12. The highest BCUT2D eigenvalue weighted by Gasteiger charge is 2.11. The summed E-state index contributed by atoms with van der Waals surface area (Å²) in [7, 11) is 0. The maximum atomic E-state index is 12.7. The zero-order valence-electron chi connectivity index (χ0n) is 15.8. The van der Waals surface area contributed by atoms with Gasteiger partial charge in [0.2, 0.25) is 5.91 Å². The number of carbonyl (C=O) groups excluding carboxylic acids is 1. The van der Waals surface area contributed by atoms with E-state index in [1.54, 1.807) is 17.8 Å². The van der Waals surface area contributed by atoms with Crippen LogP contribution in [0.2, 0.25) is 0 Å². The lowest BCUT2D eigenvalue weighted by molar-refractivity contribution is -0.116. The Morgan fingerprint density at radius 3 is 2.59 bits per heavy atom. The number of hydrogen-bond acceptors (Lipinski definition) is 4. The van der Waals surface area contributed by atoms with Crippen molar-refractivity contribution in [2.75, 3.05) is 5.32 Å². The fraction of sp³-hybridized carbons (Fsp3) is 0.0870. The van der Waals surface area contributed by atoms with Gasteiger partial charge in [-0.3, -0.25) is 14.2 Å². The van der Waals surface area contributed by atoms with Crippen molar-refractivity contribution in [2.45, 2.75) is 23.3 Å². The van der Waals surface area contributed by atoms with E-state index in [1.165, 1.54) is 10.9 Å². The molecule has 0 fully saturated rings. The summed E-state index contributed by atoms with van der Waals surface area (Å²) in [4.78, 5) is 31.7. The molecule has 0 bridgehead atoms. The average molecular weight is 401 g/mol. The summed E-state index contributed by atoms with van der Waals surface area (Å²) < 4.78 is 1.34. The largest absolute Gasteiger partial charge is 0.323 e. The molecule has 0 aliphatic carbocycles. The van der Waals surface area contributed by atoms with Crippen LogP contribution in [0.5, 0.6) is 0 Å². The second-order valence-corrected chi connectivity index (χ2v) is 7.72. The Bertz CT molecular complexity index is 1240. The minimum atomic E-state index is -0.276. The highest BCUT2D eigenvalue weighted by atomic mass is 32.2. The second kappa shape index (κ2) is 8.32. The summed E-state index contributed by atoms with van der Waals surface area (Å²) in [6.07, 6.45) is 1.43. The van der Waals surface area contributed by atoms with Crippen LogP contribution in [0, 0.1) is 6.92 Å². The van der Waals surface area contributed by atoms with Gasteiger partial charge in [-0.25, -0.2) is 4.98 Å². The van der Waals surface area contributed by atoms with Crippen LogP contribution in [0.15, 0.2) is 93.7 Å². The standard InChI is InChI=1S/C23H19N3O2S/c1-16-8-7-11-18-22(16)24-15-26(23(18)28)14-21(27)25-19-12-5-6-13-20(19)29-17-9-3-2-4-10-17/h2-13,15H,14H2,1H3,(H,25,27). The van der Waals surface area contributed by atoms with E-state index in [2.05, 4.69) is 10.3 Å². The van der Waals surface area contributed by atoms with Crippen LogP contribution in [-0.4, -0.2) is 15.5 Å². The molecule has 29 heavy (non-hydrogen) atoms. The summed E-state index contributed by atoms with van der Waals surface area (Å²) >= 11 is 1.57. The van der Waals surface area contributed by atoms with Gasteiger partial charge in [-0.15, -0.1) is 0 Å². The van der Waals surface area contributed by atoms with E-state index in [9.17, 15) is 9.59 Å². The first-order chi connectivity index (χ1) is 14.1. The predicted octanol–water partition coefficient (Wildman–Crippen LogP) is 4.49. The van der Waals surface area contributed by atoms with Crippen LogP contribution in [0.4, 0.5) is 5.69 Å². The molecule has 144 valence electrons. The number of nitrogens with one attached hydrogen (secondary N) is 1. The number of fused-ring (bicyclic) bond motifs is 1. The number of anilines is 1. The van der Waals surface area contributed by atoms with Crippen molar-refractivity contribution >= 4 is 34.3 Å². The molecule has 0 aliphatic rings. The summed E-state index contributed by atoms with van der Waals surface area (Å²) in [5.74, 6) is -0.276. The third-order valence-corrected chi connectivity index (χ3v) is 5.59. The number of aryl methyl sites for hydroxylation is 1. The lowest BCUT2D eigenvalue weighted by Crippen LogP contribution is -2.28. The normalized spacial score (nSPS) is 10.8. The summed E-state index contributed by atoms with van der Waals surface area (Å²) in [5, 5.41) is 3.43. The van der Waals surface area contributed by atoms with E-state index in [1.807, 2.05) is 73.7 Å². The molecule has 1 amide bonds. The van der Waals surface area contributed by atoms with Crippen molar-refractivity contribution in [1.82, 2.24) is 9.55 Å². The molecule has 6 heteroatoms. The van der Waals surface area contributed by atoms with Gasteiger partial charge in [0, 0.05) is 9.79 Å². The zero-order chi connectivity index (χ0) is 20.2. The molecular weight excluding hydrogens is 382 g/mol. The zero-order valence-corrected chi connectivity index (χ0v) is 16.6. The van der Waals surface area contributed by atoms with Gasteiger partial charge in [-0.1, -0.05) is 54.2 Å². The third kappa shape index (κ3) is 4.22. The number of carbonyl (C=O) groups is 1. The molecule has 5 nitrogen and oxygen atoms in total. The maximum Gasteiger partial charge on any atom is 0.261 e. The molecule has 0 unspecified atom stereocenters. The molecule has 1 N–H and O–H groups in total. The van der Waals surface area contributed by atoms with E-state index < -0.39 is 0 Å². The molecule has 0 radical (unpaired) electrons. The fourth-order valence-electron chi connectivity index (χ4n) is 3.07. The molecule has 0 spiro atoms. The minimum Gasteiger partial charge on any atom is -0.323 e. The number of hydrogen-bond donors (Lipinski definition) is 1. The van der Waals surface area contributed by atoms with Crippen LogP contribution in [0.3, 0.4) is 0 Å². The van der Waals surface area contributed by atoms with Gasteiger partial charge in [0.15, 0.2) is 0 Å². The van der Waals surface area contributed by atoms with E-state index in [0.29, 0.717) is 16.6 Å². The minimum absolute atomic E-state index is 0.0972. The van der Waals surface area contributed by atoms with E-state index >= 15 is 0 Å². The van der Waals surface area contributed by atoms with Gasteiger partial charge >= 0.3 is 0 Å². The maximum absolute atomic E-state index is 12.7. The van der Waals surface area contributed by atoms with Crippen molar-refractivity contribution in [1.29, 1.82) is 0 Å². The van der Waals surface area contributed by atoms with Crippen molar-refractivity contribution < 1.29 is 4.79 Å². The highest BCUT2D eigenvalue weighted by Crippen LogP contribution is 2.33. The topological polar surface area (TPSA) is 64.0 Å². The smallest absolute Gasteiger partial charge is 0.261 e. The molecule has 4 rings (SSSR count). The summed E-state index contributed by atoms with van der Waals surface area (Å²) in [5.41, 5.74) is 2.09. The Morgan fingerprint density at radius 2 is 1.76 bits per heavy atom. The Hall–Kier alpha value is -3.38. The fourth-order valence-corrected chi connectivity index (χ4v) is 3.99. The van der Waals surface area contributed by atoms with Gasteiger partial charge in [0.25, 0.3) is 5.56 Å². The number of benzene rings is 3. The van der Waals surface area contributed by atoms with Crippen LogP contribution in [0.25, 0.3) is 10.9 Å². The third-order valence-electron chi connectivity index (χ3n) is 4.50. The Labute approximate surface area is 172 Å². The van der Waals surface area contributed by atoms with Crippen molar-refractivity contribution in [3.05, 3.63) is 95.0 Å². The van der Waals surface area contributed by atoms with Crippen LogP contribution < -0.4 is 10.9 Å². The van der Waals surface area contributed by atoms with Gasteiger partial charge < -0.3 is 5.32 Å². The molecular formula is C23H19N3O2S. The first kappa shape index (κ1) is 19.0. The first-order valence-electron chi connectivity index (χ1n) is 9.18.